The van der Waals surface area contributed by atoms with Crippen LogP contribution in [0.5, 0.6) is 0 Å². The summed E-state index contributed by atoms with van der Waals surface area (Å²) < 4.78 is 2.16. The van der Waals surface area contributed by atoms with Crippen LogP contribution in [-0.4, -0.2) is 22.1 Å². The number of hydrogen-bond acceptors (Lipinski definition) is 2. The standard InChI is InChI=1S/C10H17N3/c1-2-12-10(9-3-4-9)7-13-6-5-11-8-13/h5-6,8-10,12H,2-4,7H2,1H3. The highest BCUT2D eigenvalue weighted by atomic mass is 15.1. The van der Waals surface area contributed by atoms with Crippen molar-refractivity contribution in [3.05, 3.63) is 18.7 Å². The van der Waals surface area contributed by atoms with E-state index in [9.17, 15) is 0 Å². The van der Waals surface area contributed by atoms with E-state index < -0.39 is 0 Å². The van der Waals surface area contributed by atoms with Gasteiger partial charge in [-0.15, -0.1) is 0 Å². The maximum Gasteiger partial charge on any atom is 0.0946 e. The summed E-state index contributed by atoms with van der Waals surface area (Å²) in [7, 11) is 0. The molecule has 0 saturated heterocycles. The van der Waals surface area contributed by atoms with Gasteiger partial charge in [0.05, 0.1) is 6.33 Å². The van der Waals surface area contributed by atoms with Gasteiger partial charge in [0.25, 0.3) is 0 Å². The second-order valence-electron chi connectivity index (χ2n) is 3.76. The molecule has 3 nitrogen and oxygen atoms in total. The molecule has 0 bridgehead atoms. The molecule has 72 valence electrons. The van der Waals surface area contributed by atoms with Crippen LogP contribution in [0.4, 0.5) is 0 Å². The molecule has 0 amide bonds. The summed E-state index contributed by atoms with van der Waals surface area (Å²) in [6.45, 7) is 4.30. The lowest BCUT2D eigenvalue weighted by Crippen LogP contribution is -2.34. The predicted octanol–water partition coefficient (Wildman–Crippen LogP) is 1.27. The molecule has 1 unspecified atom stereocenters. The van der Waals surface area contributed by atoms with Gasteiger partial charge in [0.2, 0.25) is 0 Å². The fourth-order valence-corrected chi connectivity index (χ4v) is 1.76. The van der Waals surface area contributed by atoms with Crippen molar-refractivity contribution in [2.24, 2.45) is 5.92 Å². The van der Waals surface area contributed by atoms with Gasteiger partial charge in [0, 0.05) is 25.0 Å². The Balaban J connectivity index is 1.89. The van der Waals surface area contributed by atoms with Crippen molar-refractivity contribution in [3.8, 4) is 0 Å². The molecule has 0 aliphatic heterocycles. The van der Waals surface area contributed by atoms with Gasteiger partial charge in [0.15, 0.2) is 0 Å². The van der Waals surface area contributed by atoms with Crippen molar-refractivity contribution in [2.45, 2.75) is 32.4 Å². The summed E-state index contributed by atoms with van der Waals surface area (Å²) in [6, 6.07) is 0.652. The highest BCUT2D eigenvalue weighted by molar-refractivity contribution is 4.88. The second kappa shape index (κ2) is 3.92. The Bertz CT molecular complexity index is 239. The SMILES string of the molecule is CCNC(Cn1ccnc1)C1CC1. The average molecular weight is 179 g/mol. The lowest BCUT2D eigenvalue weighted by atomic mass is 10.2. The van der Waals surface area contributed by atoms with Crippen LogP contribution in [0.2, 0.25) is 0 Å². The molecule has 1 saturated carbocycles. The molecule has 0 radical (unpaired) electrons. The second-order valence-corrected chi connectivity index (χ2v) is 3.76. The molecule has 1 aromatic rings. The molecule has 1 aliphatic rings. The van der Waals surface area contributed by atoms with Crippen molar-refractivity contribution in [1.82, 2.24) is 14.9 Å². The van der Waals surface area contributed by atoms with E-state index in [4.69, 9.17) is 0 Å². The Labute approximate surface area is 79.2 Å². The quantitative estimate of drug-likeness (QED) is 0.737. The highest BCUT2D eigenvalue weighted by Crippen LogP contribution is 2.33. The van der Waals surface area contributed by atoms with E-state index in [1.807, 2.05) is 18.7 Å². The Morgan fingerprint density at radius 2 is 2.46 bits per heavy atom. The number of nitrogens with one attached hydrogen (secondary N) is 1. The molecule has 2 rings (SSSR count). The highest BCUT2D eigenvalue weighted by Gasteiger charge is 2.30. The molecule has 1 N–H and O–H groups in total. The van der Waals surface area contributed by atoms with Gasteiger partial charge in [-0.05, 0) is 25.3 Å². The monoisotopic (exact) mass is 179 g/mol. The minimum Gasteiger partial charge on any atom is -0.336 e. The summed E-state index contributed by atoms with van der Waals surface area (Å²) in [5.41, 5.74) is 0. The third-order valence-corrected chi connectivity index (χ3v) is 2.62. The summed E-state index contributed by atoms with van der Waals surface area (Å²) in [4.78, 5) is 4.05. The molecular formula is C10H17N3. The van der Waals surface area contributed by atoms with Gasteiger partial charge < -0.3 is 9.88 Å². The van der Waals surface area contributed by atoms with Crippen LogP contribution >= 0.6 is 0 Å². The lowest BCUT2D eigenvalue weighted by Gasteiger charge is -2.17. The van der Waals surface area contributed by atoms with Crippen molar-refractivity contribution in [1.29, 1.82) is 0 Å². The first-order valence-corrected chi connectivity index (χ1v) is 5.09. The molecule has 3 heteroatoms. The zero-order valence-corrected chi connectivity index (χ0v) is 8.11. The van der Waals surface area contributed by atoms with Crippen LogP contribution in [0.25, 0.3) is 0 Å². The largest absolute Gasteiger partial charge is 0.336 e. The van der Waals surface area contributed by atoms with E-state index in [0.29, 0.717) is 6.04 Å². The number of imidazole rings is 1. The molecule has 1 fully saturated rings. The Hall–Kier alpha value is -0.830. The summed E-state index contributed by atoms with van der Waals surface area (Å²) >= 11 is 0. The third kappa shape index (κ3) is 2.31. The minimum atomic E-state index is 0.652. The molecule has 1 atom stereocenters. The maximum atomic E-state index is 4.05. The van der Waals surface area contributed by atoms with Crippen LogP contribution in [-0.2, 0) is 6.54 Å². The van der Waals surface area contributed by atoms with Crippen LogP contribution in [0.15, 0.2) is 18.7 Å². The number of likely N-dealkylation sites (N-methyl/N-ethyl adjacent to an activating group) is 1. The third-order valence-electron chi connectivity index (χ3n) is 2.62. The van der Waals surface area contributed by atoms with Crippen LogP contribution < -0.4 is 5.32 Å². The lowest BCUT2D eigenvalue weighted by molar-refractivity contribution is 0.415. The first-order valence-electron chi connectivity index (χ1n) is 5.09. The molecule has 1 heterocycles. The first kappa shape index (κ1) is 8.75. The van der Waals surface area contributed by atoms with E-state index in [1.165, 1.54) is 12.8 Å². The smallest absolute Gasteiger partial charge is 0.0946 e. The van der Waals surface area contributed by atoms with Crippen molar-refractivity contribution >= 4 is 0 Å². The maximum absolute atomic E-state index is 4.05. The van der Waals surface area contributed by atoms with Crippen LogP contribution in [0.1, 0.15) is 19.8 Å². The van der Waals surface area contributed by atoms with Gasteiger partial charge in [0.1, 0.15) is 0 Å². The van der Waals surface area contributed by atoms with Crippen LogP contribution in [0, 0.1) is 5.92 Å². The number of nitrogens with zero attached hydrogens (tertiary/aromatic N) is 2. The van der Waals surface area contributed by atoms with Crippen LogP contribution in [0.3, 0.4) is 0 Å². The fourth-order valence-electron chi connectivity index (χ4n) is 1.76. The molecule has 1 aliphatic carbocycles. The van der Waals surface area contributed by atoms with Gasteiger partial charge >= 0.3 is 0 Å². The van der Waals surface area contributed by atoms with Gasteiger partial charge in [-0.3, -0.25) is 0 Å². The van der Waals surface area contributed by atoms with E-state index in [2.05, 4.69) is 21.8 Å². The molecule has 13 heavy (non-hydrogen) atoms. The summed E-state index contributed by atoms with van der Waals surface area (Å²) in [5.74, 6) is 0.905. The van der Waals surface area contributed by atoms with E-state index in [-0.39, 0.29) is 0 Å². The van der Waals surface area contributed by atoms with Crippen molar-refractivity contribution in [2.75, 3.05) is 6.54 Å². The normalized spacial score (nSPS) is 18.8. The predicted molar refractivity (Wildman–Crippen MR) is 52.4 cm³/mol. The van der Waals surface area contributed by atoms with Crippen molar-refractivity contribution < 1.29 is 0 Å². The van der Waals surface area contributed by atoms with Gasteiger partial charge in [-0.2, -0.15) is 0 Å². The zero-order valence-electron chi connectivity index (χ0n) is 8.11. The topological polar surface area (TPSA) is 29.9 Å². The fraction of sp³-hybridized carbons (Fsp3) is 0.700. The molecule has 1 aromatic heterocycles. The van der Waals surface area contributed by atoms with Gasteiger partial charge in [-0.25, -0.2) is 4.98 Å². The molecular weight excluding hydrogens is 162 g/mol. The summed E-state index contributed by atoms with van der Waals surface area (Å²) in [6.07, 6.45) is 8.56. The van der Waals surface area contributed by atoms with E-state index in [0.717, 1.165) is 19.0 Å². The van der Waals surface area contributed by atoms with E-state index in [1.54, 1.807) is 0 Å². The first-order chi connectivity index (χ1) is 6.40. The Kier molecular flexibility index (Phi) is 2.64. The Morgan fingerprint density at radius 1 is 1.62 bits per heavy atom. The molecule has 0 spiro atoms. The number of hydrogen-bond donors (Lipinski definition) is 1. The minimum absolute atomic E-state index is 0.652. The van der Waals surface area contributed by atoms with Crippen molar-refractivity contribution in [3.63, 3.8) is 0 Å². The Morgan fingerprint density at radius 3 is 3.00 bits per heavy atom. The zero-order chi connectivity index (χ0) is 9.10. The average Bonchev–Trinajstić information content (AvgIpc) is 2.85. The number of rotatable bonds is 5. The summed E-state index contributed by atoms with van der Waals surface area (Å²) in [5, 5.41) is 3.53. The molecule has 0 aromatic carbocycles. The van der Waals surface area contributed by atoms with Gasteiger partial charge in [-0.1, -0.05) is 6.92 Å². The number of aromatic nitrogens is 2. The van der Waals surface area contributed by atoms with E-state index >= 15 is 0 Å².